The lowest BCUT2D eigenvalue weighted by Crippen LogP contribution is -2.40. The van der Waals surface area contributed by atoms with Crippen LogP contribution < -0.4 is 5.32 Å². The first kappa shape index (κ1) is 11.3. The summed E-state index contributed by atoms with van der Waals surface area (Å²) in [4.78, 5) is 2.48. The molecule has 0 aromatic carbocycles. The molecule has 4 nitrogen and oxygen atoms in total. The van der Waals surface area contributed by atoms with Crippen molar-refractivity contribution in [2.45, 2.75) is 25.0 Å². The van der Waals surface area contributed by atoms with Crippen molar-refractivity contribution < 1.29 is 9.47 Å². The molecule has 0 amide bonds. The predicted octanol–water partition coefficient (Wildman–Crippen LogP) is 0.0856. The van der Waals surface area contributed by atoms with Crippen molar-refractivity contribution in [1.29, 1.82) is 0 Å². The second-order valence-electron chi connectivity index (χ2n) is 4.43. The first-order valence-electron chi connectivity index (χ1n) is 5.96. The lowest BCUT2D eigenvalue weighted by molar-refractivity contribution is 0.0175. The number of methoxy groups -OCH3 is 1. The second kappa shape index (κ2) is 5.80. The molecule has 4 heteroatoms. The molecule has 2 atom stereocenters. The number of likely N-dealkylation sites (tertiary alicyclic amines) is 1. The van der Waals surface area contributed by atoms with E-state index >= 15 is 0 Å². The van der Waals surface area contributed by atoms with Gasteiger partial charge in [0.2, 0.25) is 0 Å². The molecule has 88 valence electrons. The molecule has 0 radical (unpaired) electrons. The van der Waals surface area contributed by atoms with Crippen LogP contribution in [0.5, 0.6) is 0 Å². The molecule has 0 bridgehead atoms. The molecule has 2 rings (SSSR count). The average Bonchev–Trinajstić information content (AvgIpc) is 2.76. The van der Waals surface area contributed by atoms with Crippen LogP contribution in [0.25, 0.3) is 0 Å². The zero-order valence-electron chi connectivity index (χ0n) is 9.58. The third-order valence-corrected chi connectivity index (χ3v) is 3.33. The fourth-order valence-electron chi connectivity index (χ4n) is 2.32. The Bertz CT molecular complexity index is 183. The first-order chi connectivity index (χ1) is 7.38. The highest BCUT2D eigenvalue weighted by atomic mass is 16.5. The van der Waals surface area contributed by atoms with Crippen LogP contribution in [0.1, 0.15) is 12.8 Å². The molecule has 2 saturated heterocycles. The lowest BCUT2D eigenvalue weighted by Gasteiger charge is -2.25. The van der Waals surface area contributed by atoms with E-state index in [9.17, 15) is 0 Å². The highest BCUT2D eigenvalue weighted by molar-refractivity contribution is 4.77. The first-order valence-corrected chi connectivity index (χ1v) is 5.96. The van der Waals surface area contributed by atoms with Crippen molar-refractivity contribution in [3.05, 3.63) is 0 Å². The van der Waals surface area contributed by atoms with Crippen LogP contribution in [0.4, 0.5) is 0 Å². The van der Waals surface area contributed by atoms with Crippen LogP contribution in [-0.2, 0) is 9.47 Å². The fourth-order valence-corrected chi connectivity index (χ4v) is 2.32. The zero-order valence-corrected chi connectivity index (χ0v) is 9.58. The Morgan fingerprint density at radius 1 is 1.53 bits per heavy atom. The Labute approximate surface area is 91.9 Å². The summed E-state index contributed by atoms with van der Waals surface area (Å²) in [5.74, 6) is 0. The van der Waals surface area contributed by atoms with Crippen molar-refractivity contribution in [3.8, 4) is 0 Å². The topological polar surface area (TPSA) is 33.7 Å². The molecule has 2 unspecified atom stereocenters. The van der Waals surface area contributed by atoms with Gasteiger partial charge in [-0.2, -0.15) is 0 Å². The highest BCUT2D eigenvalue weighted by Gasteiger charge is 2.23. The van der Waals surface area contributed by atoms with Crippen molar-refractivity contribution >= 4 is 0 Å². The van der Waals surface area contributed by atoms with Gasteiger partial charge in [0.15, 0.2) is 0 Å². The van der Waals surface area contributed by atoms with Gasteiger partial charge in [0.1, 0.15) is 0 Å². The molecule has 0 spiro atoms. The van der Waals surface area contributed by atoms with Crippen molar-refractivity contribution in [2.75, 3.05) is 46.4 Å². The minimum atomic E-state index is 0.417. The third-order valence-electron chi connectivity index (χ3n) is 3.33. The van der Waals surface area contributed by atoms with Gasteiger partial charge in [-0.1, -0.05) is 0 Å². The van der Waals surface area contributed by atoms with Gasteiger partial charge < -0.3 is 19.7 Å². The van der Waals surface area contributed by atoms with Crippen LogP contribution in [0.2, 0.25) is 0 Å². The fraction of sp³-hybridized carbons (Fsp3) is 1.00. The van der Waals surface area contributed by atoms with E-state index in [2.05, 4.69) is 10.2 Å². The zero-order chi connectivity index (χ0) is 10.5. The van der Waals surface area contributed by atoms with Gasteiger partial charge in [-0.3, -0.25) is 0 Å². The molecular weight excluding hydrogens is 192 g/mol. The van der Waals surface area contributed by atoms with Crippen molar-refractivity contribution in [3.63, 3.8) is 0 Å². The van der Waals surface area contributed by atoms with Gasteiger partial charge in [0.25, 0.3) is 0 Å². The molecule has 15 heavy (non-hydrogen) atoms. The van der Waals surface area contributed by atoms with Crippen LogP contribution in [-0.4, -0.2) is 63.5 Å². The predicted molar refractivity (Wildman–Crippen MR) is 59.1 cm³/mol. The van der Waals surface area contributed by atoms with E-state index in [1.165, 1.54) is 13.0 Å². The van der Waals surface area contributed by atoms with E-state index < -0.39 is 0 Å². The molecule has 0 aromatic rings. The van der Waals surface area contributed by atoms with Gasteiger partial charge in [-0.25, -0.2) is 0 Å². The van der Waals surface area contributed by atoms with Crippen LogP contribution >= 0.6 is 0 Å². The Morgan fingerprint density at radius 3 is 3.13 bits per heavy atom. The summed E-state index contributed by atoms with van der Waals surface area (Å²) in [6.07, 6.45) is 3.19. The number of nitrogens with zero attached hydrogens (tertiary/aromatic N) is 1. The summed E-state index contributed by atoms with van der Waals surface area (Å²) in [6, 6.07) is 0. The van der Waals surface area contributed by atoms with Gasteiger partial charge in [0, 0.05) is 39.8 Å². The number of hydrogen-bond donors (Lipinski definition) is 1. The van der Waals surface area contributed by atoms with Crippen molar-refractivity contribution in [1.82, 2.24) is 10.2 Å². The highest BCUT2D eigenvalue weighted by Crippen LogP contribution is 2.13. The molecule has 0 saturated carbocycles. The molecule has 2 aliphatic rings. The van der Waals surface area contributed by atoms with E-state index in [1.807, 2.05) is 7.11 Å². The third kappa shape index (κ3) is 3.41. The molecule has 1 N–H and O–H groups in total. The van der Waals surface area contributed by atoms with Gasteiger partial charge in [-0.15, -0.1) is 0 Å². The maximum Gasteiger partial charge on any atom is 0.0712 e. The summed E-state index contributed by atoms with van der Waals surface area (Å²) in [5.41, 5.74) is 0. The Hall–Kier alpha value is -0.160. The van der Waals surface area contributed by atoms with E-state index in [0.29, 0.717) is 12.2 Å². The van der Waals surface area contributed by atoms with E-state index in [0.717, 1.165) is 39.2 Å². The maximum absolute atomic E-state index is 5.67. The molecule has 0 aromatic heterocycles. The van der Waals surface area contributed by atoms with E-state index in [1.54, 1.807) is 0 Å². The maximum atomic E-state index is 5.67. The average molecular weight is 214 g/mol. The number of ether oxygens (including phenoxy) is 2. The minimum Gasteiger partial charge on any atom is -0.380 e. The summed E-state index contributed by atoms with van der Waals surface area (Å²) >= 11 is 0. The standard InChI is InChI=1S/C11H22N2O2/c1-14-11-3-6-13(9-11)5-2-10-8-12-4-7-15-10/h10-12H,2-9H2,1H3. The number of morpholine rings is 1. The monoisotopic (exact) mass is 214 g/mol. The largest absolute Gasteiger partial charge is 0.380 e. The number of nitrogens with one attached hydrogen (secondary N) is 1. The molecule has 2 fully saturated rings. The summed E-state index contributed by atoms with van der Waals surface area (Å²) in [5, 5.41) is 3.36. The minimum absolute atomic E-state index is 0.417. The van der Waals surface area contributed by atoms with Gasteiger partial charge >= 0.3 is 0 Å². The molecule has 2 aliphatic heterocycles. The van der Waals surface area contributed by atoms with Crippen LogP contribution in [0, 0.1) is 0 Å². The molecule has 2 heterocycles. The van der Waals surface area contributed by atoms with Gasteiger partial charge in [-0.05, 0) is 12.8 Å². The quantitative estimate of drug-likeness (QED) is 0.719. The van der Waals surface area contributed by atoms with E-state index in [4.69, 9.17) is 9.47 Å². The summed E-state index contributed by atoms with van der Waals surface area (Å²) < 4.78 is 11.0. The Kier molecular flexibility index (Phi) is 4.38. The number of rotatable bonds is 4. The lowest BCUT2D eigenvalue weighted by atomic mass is 10.2. The Balaban J connectivity index is 1.61. The second-order valence-corrected chi connectivity index (χ2v) is 4.43. The van der Waals surface area contributed by atoms with Crippen LogP contribution in [0.3, 0.4) is 0 Å². The summed E-state index contributed by atoms with van der Waals surface area (Å²) in [6.45, 7) is 6.31. The number of hydrogen-bond acceptors (Lipinski definition) is 4. The molecular formula is C11H22N2O2. The SMILES string of the molecule is COC1CCN(CCC2CNCCO2)C1. The molecule has 0 aliphatic carbocycles. The smallest absolute Gasteiger partial charge is 0.0712 e. The normalized spacial score (nSPS) is 33.4. The Morgan fingerprint density at radius 2 is 2.47 bits per heavy atom. The van der Waals surface area contributed by atoms with E-state index in [-0.39, 0.29) is 0 Å². The van der Waals surface area contributed by atoms with Crippen molar-refractivity contribution in [2.24, 2.45) is 0 Å². The van der Waals surface area contributed by atoms with Gasteiger partial charge in [0.05, 0.1) is 18.8 Å². The van der Waals surface area contributed by atoms with Crippen LogP contribution in [0.15, 0.2) is 0 Å². The summed E-state index contributed by atoms with van der Waals surface area (Å²) in [7, 11) is 1.81.